The van der Waals surface area contributed by atoms with Gasteiger partial charge < -0.3 is 15.2 Å². The molecule has 0 spiro atoms. The maximum absolute atomic E-state index is 11.6. The lowest BCUT2D eigenvalue weighted by Crippen LogP contribution is -2.42. The summed E-state index contributed by atoms with van der Waals surface area (Å²) in [7, 11) is 0. The standard InChI is InChI=1S/C13H16BrNO4/c1-8(13(17)18)9(2)15-12(16)7-19-11-5-3-4-10(14)6-11/h3-6,8-9H,7H2,1-2H3,(H,15,16)(H,17,18). The van der Waals surface area contributed by atoms with Crippen LogP contribution >= 0.6 is 15.9 Å². The number of nitrogens with one attached hydrogen (secondary N) is 1. The van der Waals surface area contributed by atoms with E-state index < -0.39 is 17.9 Å². The summed E-state index contributed by atoms with van der Waals surface area (Å²) < 4.78 is 6.16. The van der Waals surface area contributed by atoms with Crippen LogP contribution in [0.4, 0.5) is 0 Å². The van der Waals surface area contributed by atoms with Gasteiger partial charge in [0.1, 0.15) is 5.75 Å². The zero-order valence-electron chi connectivity index (χ0n) is 10.7. The van der Waals surface area contributed by atoms with Gasteiger partial charge in [0.15, 0.2) is 6.61 Å². The molecule has 2 N–H and O–H groups in total. The number of rotatable bonds is 6. The molecular formula is C13H16BrNO4. The number of benzene rings is 1. The van der Waals surface area contributed by atoms with Crippen molar-refractivity contribution in [3.05, 3.63) is 28.7 Å². The molecule has 2 atom stereocenters. The van der Waals surface area contributed by atoms with E-state index in [0.29, 0.717) is 5.75 Å². The van der Waals surface area contributed by atoms with E-state index in [9.17, 15) is 9.59 Å². The lowest BCUT2D eigenvalue weighted by Gasteiger charge is -2.17. The van der Waals surface area contributed by atoms with Crippen LogP contribution in [0.25, 0.3) is 0 Å². The fourth-order valence-corrected chi connectivity index (χ4v) is 1.72. The number of carboxylic acids is 1. The van der Waals surface area contributed by atoms with E-state index in [1.165, 1.54) is 0 Å². The maximum Gasteiger partial charge on any atom is 0.308 e. The highest BCUT2D eigenvalue weighted by Crippen LogP contribution is 2.17. The van der Waals surface area contributed by atoms with Gasteiger partial charge in [0.05, 0.1) is 5.92 Å². The molecule has 0 fully saturated rings. The molecular weight excluding hydrogens is 314 g/mol. The van der Waals surface area contributed by atoms with Crippen molar-refractivity contribution in [1.29, 1.82) is 0 Å². The van der Waals surface area contributed by atoms with Crippen molar-refractivity contribution >= 4 is 27.8 Å². The zero-order valence-corrected chi connectivity index (χ0v) is 12.3. The summed E-state index contributed by atoms with van der Waals surface area (Å²) in [5.41, 5.74) is 0. The van der Waals surface area contributed by atoms with Gasteiger partial charge in [-0.1, -0.05) is 22.0 Å². The lowest BCUT2D eigenvalue weighted by atomic mass is 10.0. The summed E-state index contributed by atoms with van der Waals surface area (Å²) in [4.78, 5) is 22.3. The molecule has 5 nitrogen and oxygen atoms in total. The average molecular weight is 330 g/mol. The van der Waals surface area contributed by atoms with Crippen molar-refractivity contribution in [3.63, 3.8) is 0 Å². The first-order chi connectivity index (χ1) is 8.90. The van der Waals surface area contributed by atoms with Crippen molar-refractivity contribution in [2.75, 3.05) is 6.61 Å². The number of halogens is 1. The van der Waals surface area contributed by atoms with Crippen LogP contribution in [0.5, 0.6) is 5.75 Å². The Bertz CT molecular complexity index is 464. The average Bonchev–Trinajstić information content (AvgIpc) is 2.35. The number of carbonyl (C=O) groups is 2. The Labute approximate surface area is 120 Å². The van der Waals surface area contributed by atoms with Crippen LogP contribution in [0.2, 0.25) is 0 Å². The summed E-state index contributed by atoms with van der Waals surface area (Å²) in [5.74, 6) is -1.36. The van der Waals surface area contributed by atoms with Gasteiger partial charge in [-0.3, -0.25) is 9.59 Å². The Morgan fingerprint density at radius 3 is 2.68 bits per heavy atom. The number of hydrogen-bond donors (Lipinski definition) is 2. The molecule has 0 aromatic heterocycles. The molecule has 2 unspecified atom stereocenters. The molecule has 0 radical (unpaired) electrons. The monoisotopic (exact) mass is 329 g/mol. The van der Waals surface area contributed by atoms with Crippen LogP contribution in [0.1, 0.15) is 13.8 Å². The van der Waals surface area contributed by atoms with Gasteiger partial charge in [-0.2, -0.15) is 0 Å². The van der Waals surface area contributed by atoms with Gasteiger partial charge in [0.2, 0.25) is 0 Å². The van der Waals surface area contributed by atoms with Crippen LogP contribution < -0.4 is 10.1 Å². The van der Waals surface area contributed by atoms with E-state index in [2.05, 4.69) is 21.2 Å². The molecule has 1 aromatic rings. The van der Waals surface area contributed by atoms with Crippen molar-refractivity contribution in [2.24, 2.45) is 5.92 Å². The van der Waals surface area contributed by atoms with E-state index in [1.807, 2.05) is 6.07 Å². The number of aliphatic carboxylic acids is 1. The topological polar surface area (TPSA) is 75.6 Å². The number of ether oxygens (including phenoxy) is 1. The Kier molecular flexibility index (Phi) is 5.82. The predicted molar refractivity (Wildman–Crippen MR) is 74.0 cm³/mol. The van der Waals surface area contributed by atoms with Crippen molar-refractivity contribution in [1.82, 2.24) is 5.32 Å². The highest BCUT2D eigenvalue weighted by Gasteiger charge is 2.20. The molecule has 0 aliphatic heterocycles. The van der Waals surface area contributed by atoms with Gasteiger partial charge in [-0.15, -0.1) is 0 Å². The van der Waals surface area contributed by atoms with E-state index in [0.717, 1.165) is 4.47 Å². The van der Waals surface area contributed by atoms with Crippen LogP contribution in [0.3, 0.4) is 0 Å². The summed E-state index contributed by atoms with van der Waals surface area (Å²) in [6.07, 6.45) is 0. The Balaban J connectivity index is 2.42. The van der Waals surface area contributed by atoms with Crippen molar-refractivity contribution in [2.45, 2.75) is 19.9 Å². The minimum absolute atomic E-state index is 0.146. The van der Waals surface area contributed by atoms with E-state index in [1.54, 1.807) is 32.0 Å². The smallest absolute Gasteiger partial charge is 0.308 e. The summed E-state index contributed by atoms with van der Waals surface area (Å²) in [6.45, 7) is 3.05. The fourth-order valence-electron chi connectivity index (χ4n) is 1.34. The summed E-state index contributed by atoms with van der Waals surface area (Å²) in [6, 6.07) is 6.68. The molecule has 6 heteroatoms. The SMILES string of the molecule is CC(NC(=O)COc1cccc(Br)c1)C(C)C(=O)O. The molecule has 0 saturated carbocycles. The fraction of sp³-hybridized carbons (Fsp3) is 0.385. The Hall–Kier alpha value is -1.56. The lowest BCUT2D eigenvalue weighted by molar-refractivity contribution is -0.142. The first-order valence-electron chi connectivity index (χ1n) is 5.80. The number of carboxylic acid groups (broad SMARTS) is 1. The van der Waals surface area contributed by atoms with Gasteiger partial charge in [-0.05, 0) is 32.0 Å². The van der Waals surface area contributed by atoms with Gasteiger partial charge >= 0.3 is 5.97 Å². The van der Waals surface area contributed by atoms with E-state index >= 15 is 0 Å². The zero-order chi connectivity index (χ0) is 14.4. The van der Waals surface area contributed by atoms with Gasteiger partial charge in [0, 0.05) is 10.5 Å². The molecule has 0 bridgehead atoms. The molecule has 104 valence electrons. The molecule has 0 heterocycles. The second-order valence-electron chi connectivity index (χ2n) is 4.23. The first-order valence-corrected chi connectivity index (χ1v) is 6.60. The first kappa shape index (κ1) is 15.5. The largest absolute Gasteiger partial charge is 0.484 e. The molecule has 0 saturated heterocycles. The third-order valence-corrected chi connectivity index (χ3v) is 3.19. The quantitative estimate of drug-likeness (QED) is 0.837. The second kappa shape index (κ2) is 7.13. The third-order valence-electron chi connectivity index (χ3n) is 2.69. The van der Waals surface area contributed by atoms with Gasteiger partial charge in [-0.25, -0.2) is 0 Å². The number of amides is 1. The van der Waals surface area contributed by atoms with E-state index in [-0.39, 0.29) is 12.5 Å². The third kappa shape index (κ3) is 5.30. The summed E-state index contributed by atoms with van der Waals surface area (Å²) >= 11 is 3.30. The number of carbonyl (C=O) groups excluding carboxylic acids is 1. The molecule has 1 aromatic carbocycles. The minimum atomic E-state index is -0.944. The molecule has 0 aliphatic carbocycles. The Morgan fingerprint density at radius 1 is 1.42 bits per heavy atom. The highest BCUT2D eigenvalue weighted by atomic mass is 79.9. The predicted octanol–water partition coefficient (Wildman–Crippen LogP) is 2.05. The van der Waals surface area contributed by atoms with Crippen molar-refractivity contribution < 1.29 is 19.4 Å². The Morgan fingerprint density at radius 2 is 2.11 bits per heavy atom. The molecule has 1 rings (SSSR count). The van der Waals surface area contributed by atoms with Crippen LogP contribution in [0.15, 0.2) is 28.7 Å². The molecule has 1 amide bonds. The van der Waals surface area contributed by atoms with Gasteiger partial charge in [0.25, 0.3) is 5.91 Å². The van der Waals surface area contributed by atoms with Crippen LogP contribution in [-0.2, 0) is 9.59 Å². The minimum Gasteiger partial charge on any atom is -0.484 e. The normalized spacial score (nSPS) is 13.4. The highest BCUT2D eigenvalue weighted by molar-refractivity contribution is 9.10. The summed E-state index contributed by atoms with van der Waals surface area (Å²) in [5, 5.41) is 11.4. The van der Waals surface area contributed by atoms with E-state index in [4.69, 9.17) is 9.84 Å². The second-order valence-corrected chi connectivity index (χ2v) is 5.14. The van der Waals surface area contributed by atoms with Crippen LogP contribution in [-0.4, -0.2) is 29.6 Å². The van der Waals surface area contributed by atoms with Crippen LogP contribution in [0, 0.1) is 5.92 Å². The van der Waals surface area contributed by atoms with Crippen molar-refractivity contribution in [3.8, 4) is 5.75 Å². The molecule has 0 aliphatic rings. The molecule has 19 heavy (non-hydrogen) atoms. The number of hydrogen-bond acceptors (Lipinski definition) is 3. The maximum atomic E-state index is 11.6.